The average Bonchev–Trinajstić information content (AvgIpc) is 2.45. The molecule has 2 rings (SSSR count). The minimum atomic E-state index is 0.121. The summed E-state index contributed by atoms with van der Waals surface area (Å²) in [7, 11) is 1.85. The van der Waals surface area contributed by atoms with Crippen LogP contribution in [0.15, 0.2) is 16.6 Å². The number of fused-ring (bicyclic) bond motifs is 1. The highest BCUT2D eigenvalue weighted by molar-refractivity contribution is 9.10. The molecule has 0 unspecified atom stereocenters. The molecule has 0 saturated heterocycles. The molecule has 0 radical (unpaired) electrons. The Balaban J connectivity index is 2.07. The number of benzene rings is 1. The van der Waals surface area contributed by atoms with E-state index in [0.717, 1.165) is 40.9 Å². The van der Waals surface area contributed by atoms with Crippen molar-refractivity contribution < 1.29 is 14.3 Å². The Kier molecular flexibility index (Phi) is 5.29. The van der Waals surface area contributed by atoms with E-state index in [0.29, 0.717) is 19.6 Å². The second kappa shape index (κ2) is 6.97. The van der Waals surface area contributed by atoms with Crippen LogP contribution in [0.3, 0.4) is 0 Å². The maximum atomic E-state index is 12.2. The van der Waals surface area contributed by atoms with Crippen molar-refractivity contribution in [1.82, 2.24) is 4.90 Å². The highest BCUT2D eigenvalue weighted by Gasteiger charge is 2.17. The molecule has 0 fully saturated rings. The summed E-state index contributed by atoms with van der Waals surface area (Å²) in [4.78, 5) is 14.0. The van der Waals surface area contributed by atoms with Gasteiger partial charge in [-0.2, -0.15) is 0 Å². The van der Waals surface area contributed by atoms with E-state index in [4.69, 9.17) is 9.47 Å². The molecule has 0 saturated carbocycles. The lowest BCUT2D eigenvalue weighted by atomic mass is 10.1. The fourth-order valence-corrected chi connectivity index (χ4v) is 2.52. The Morgan fingerprint density at radius 1 is 1.30 bits per heavy atom. The molecule has 4 nitrogen and oxygen atoms in total. The van der Waals surface area contributed by atoms with Crippen molar-refractivity contribution in [3.8, 4) is 11.5 Å². The third-order valence-electron chi connectivity index (χ3n) is 3.33. The van der Waals surface area contributed by atoms with Crippen LogP contribution in [0.5, 0.6) is 11.5 Å². The SMILES string of the molecule is CCCCN(C)C(=O)Cc1cc2c(cc1Br)OCCO2. The van der Waals surface area contributed by atoms with E-state index < -0.39 is 0 Å². The summed E-state index contributed by atoms with van der Waals surface area (Å²) in [6.45, 7) is 4.04. The molecule has 0 aromatic heterocycles. The summed E-state index contributed by atoms with van der Waals surface area (Å²) in [5.41, 5.74) is 0.933. The number of unbranched alkanes of at least 4 members (excludes halogenated alkanes) is 1. The van der Waals surface area contributed by atoms with Gasteiger partial charge in [-0.15, -0.1) is 0 Å². The van der Waals surface area contributed by atoms with Gasteiger partial charge in [-0.1, -0.05) is 29.3 Å². The molecule has 20 heavy (non-hydrogen) atoms. The van der Waals surface area contributed by atoms with Gasteiger partial charge in [-0.3, -0.25) is 4.79 Å². The summed E-state index contributed by atoms with van der Waals surface area (Å²) in [6.07, 6.45) is 2.49. The fourth-order valence-electron chi connectivity index (χ4n) is 2.06. The predicted molar refractivity (Wildman–Crippen MR) is 81.4 cm³/mol. The van der Waals surface area contributed by atoms with E-state index in [1.807, 2.05) is 19.2 Å². The zero-order chi connectivity index (χ0) is 14.5. The number of carbonyl (C=O) groups is 1. The summed E-state index contributed by atoms with van der Waals surface area (Å²) in [6, 6.07) is 3.77. The maximum absolute atomic E-state index is 12.2. The molecule has 5 heteroatoms. The van der Waals surface area contributed by atoms with Gasteiger partial charge in [-0.05, 0) is 24.1 Å². The monoisotopic (exact) mass is 341 g/mol. The number of rotatable bonds is 5. The van der Waals surface area contributed by atoms with Gasteiger partial charge in [0.1, 0.15) is 13.2 Å². The van der Waals surface area contributed by atoms with Gasteiger partial charge in [0.25, 0.3) is 0 Å². The van der Waals surface area contributed by atoms with Gasteiger partial charge < -0.3 is 14.4 Å². The van der Waals surface area contributed by atoms with Crippen molar-refractivity contribution >= 4 is 21.8 Å². The van der Waals surface area contributed by atoms with Gasteiger partial charge in [0.2, 0.25) is 5.91 Å². The number of carbonyl (C=O) groups excluding carboxylic acids is 1. The van der Waals surface area contributed by atoms with Crippen LogP contribution < -0.4 is 9.47 Å². The smallest absolute Gasteiger partial charge is 0.226 e. The van der Waals surface area contributed by atoms with Gasteiger partial charge in [0.15, 0.2) is 11.5 Å². The Labute approximate surface area is 128 Å². The number of hydrogen-bond donors (Lipinski definition) is 0. The largest absolute Gasteiger partial charge is 0.486 e. The summed E-state index contributed by atoms with van der Waals surface area (Å²) < 4.78 is 12.0. The van der Waals surface area contributed by atoms with Crippen LogP contribution in [-0.2, 0) is 11.2 Å². The van der Waals surface area contributed by atoms with Gasteiger partial charge in [-0.25, -0.2) is 0 Å². The maximum Gasteiger partial charge on any atom is 0.226 e. The molecule has 0 spiro atoms. The lowest BCUT2D eigenvalue weighted by molar-refractivity contribution is -0.129. The second-order valence-corrected chi connectivity index (χ2v) is 5.79. The van der Waals surface area contributed by atoms with Crippen LogP contribution in [0.2, 0.25) is 0 Å². The van der Waals surface area contributed by atoms with E-state index >= 15 is 0 Å². The molecule has 0 atom stereocenters. The third-order valence-corrected chi connectivity index (χ3v) is 4.06. The van der Waals surface area contributed by atoms with Crippen LogP contribution in [0, 0.1) is 0 Å². The quantitative estimate of drug-likeness (QED) is 0.826. The van der Waals surface area contributed by atoms with Gasteiger partial charge in [0, 0.05) is 18.1 Å². The zero-order valence-electron chi connectivity index (χ0n) is 11.9. The molecule has 0 bridgehead atoms. The van der Waals surface area contributed by atoms with E-state index in [1.165, 1.54) is 0 Å². The van der Waals surface area contributed by atoms with Crippen LogP contribution in [-0.4, -0.2) is 37.6 Å². The first-order valence-electron chi connectivity index (χ1n) is 6.93. The first-order valence-corrected chi connectivity index (χ1v) is 7.73. The van der Waals surface area contributed by atoms with Crippen molar-refractivity contribution in [1.29, 1.82) is 0 Å². The number of halogens is 1. The van der Waals surface area contributed by atoms with E-state index in [9.17, 15) is 4.79 Å². The highest BCUT2D eigenvalue weighted by atomic mass is 79.9. The predicted octanol–water partition coefficient (Wildman–Crippen LogP) is 3.02. The molecule has 1 aromatic rings. The third kappa shape index (κ3) is 3.66. The van der Waals surface area contributed by atoms with Crippen LogP contribution in [0.4, 0.5) is 0 Å². The minimum Gasteiger partial charge on any atom is -0.486 e. The summed E-state index contributed by atoms with van der Waals surface area (Å²) >= 11 is 3.50. The second-order valence-electron chi connectivity index (χ2n) is 4.93. The van der Waals surface area contributed by atoms with Crippen LogP contribution in [0.1, 0.15) is 25.3 Å². The average molecular weight is 342 g/mol. The lowest BCUT2D eigenvalue weighted by Gasteiger charge is -2.21. The molecule has 1 aromatic carbocycles. The van der Waals surface area contributed by atoms with Crippen molar-refractivity contribution in [2.75, 3.05) is 26.8 Å². The Hall–Kier alpha value is -1.23. The fraction of sp³-hybridized carbons (Fsp3) is 0.533. The van der Waals surface area contributed by atoms with Crippen molar-refractivity contribution in [3.05, 3.63) is 22.2 Å². The molecule has 1 amide bonds. The summed E-state index contributed by atoms with van der Waals surface area (Å²) in [5.74, 6) is 1.58. The van der Waals surface area contributed by atoms with Crippen molar-refractivity contribution in [2.24, 2.45) is 0 Å². The zero-order valence-corrected chi connectivity index (χ0v) is 13.5. The molecule has 0 aliphatic carbocycles. The first-order chi connectivity index (χ1) is 9.61. The first kappa shape index (κ1) is 15.2. The molecule has 0 N–H and O–H groups in total. The number of ether oxygens (including phenoxy) is 2. The van der Waals surface area contributed by atoms with Gasteiger partial charge in [0.05, 0.1) is 6.42 Å². The minimum absolute atomic E-state index is 0.121. The normalized spacial score (nSPS) is 13.2. The number of nitrogens with zero attached hydrogens (tertiary/aromatic N) is 1. The molecule has 1 heterocycles. The van der Waals surface area contributed by atoms with Gasteiger partial charge >= 0.3 is 0 Å². The Morgan fingerprint density at radius 2 is 1.95 bits per heavy atom. The standard InChI is InChI=1S/C15H20BrNO3/c1-3-4-5-17(2)15(18)9-11-8-13-14(10-12(11)16)20-7-6-19-13/h8,10H,3-7,9H2,1-2H3. The highest BCUT2D eigenvalue weighted by Crippen LogP contribution is 2.35. The van der Waals surface area contributed by atoms with Crippen LogP contribution >= 0.6 is 15.9 Å². The topological polar surface area (TPSA) is 38.8 Å². The van der Waals surface area contributed by atoms with E-state index in [2.05, 4.69) is 22.9 Å². The van der Waals surface area contributed by atoms with Crippen LogP contribution in [0.25, 0.3) is 0 Å². The van der Waals surface area contributed by atoms with E-state index in [1.54, 1.807) is 4.90 Å². The Morgan fingerprint density at radius 3 is 2.60 bits per heavy atom. The van der Waals surface area contributed by atoms with Crippen molar-refractivity contribution in [2.45, 2.75) is 26.2 Å². The molecular weight excluding hydrogens is 322 g/mol. The number of amides is 1. The number of likely N-dealkylation sites (N-methyl/N-ethyl adjacent to an activating group) is 1. The van der Waals surface area contributed by atoms with E-state index in [-0.39, 0.29) is 5.91 Å². The molecular formula is C15H20BrNO3. The lowest BCUT2D eigenvalue weighted by Crippen LogP contribution is -2.29. The molecule has 110 valence electrons. The molecule has 1 aliphatic rings. The Bertz CT molecular complexity index is 490. The number of hydrogen-bond acceptors (Lipinski definition) is 3. The van der Waals surface area contributed by atoms with Crippen molar-refractivity contribution in [3.63, 3.8) is 0 Å². The summed E-state index contributed by atoms with van der Waals surface area (Å²) in [5, 5.41) is 0. The molecule has 1 aliphatic heterocycles.